The second-order valence-electron chi connectivity index (χ2n) is 14.1. The molecule has 0 saturated heterocycles. The first kappa shape index (κ1) is 40.3. The molecule has 4 amide bonds. The lowest BCUT2D eigenvalue weighted by molar-refractivity contribution is -0.144. The number of rotatable bonds is 8. The Morgan fingerprint density at radius 2 is 1.16 bits per heavy atom. The highest BCUT2D eigenvalue weighted by atomic mass is 32.1. The van der Waals surface area contributed by atoms with Crippen molar-refractivity contribution in [3.8, 4) is 11.1 Å². The van der Waals surface area contributed by atoms with Crippen molar-refractivity contribution in [2.24, 2.45) is 5.92 Å². The number of aliphatic carboxylic acids is 1. The molecule has 292 valence electrons. The molecule has 0 radical (unpaired) electrons. The van der Waals surface area contributed by atoms with Crippen molar-refractivity contribution >= 4 is 52.4 Å². The fourth-order valence-corrected chi connectivity index (χ4v) is 7.50. The molecule has 0 unspecified atom stereocenters. The van der Waals surface area contributed by atoms with Crippen LogP contribution in [0.2, 0.25) is 0 Å². The number of anilines is 1. The van der Waals surface area contributed by atoms with E-state index in [0.717, 1.165) is 27.1 Å². The average Bonchev–Trinajstić information content (AvgIpc) is 3.73. The number of carboxylic acids is 1. The molecular weight excluding hydrogens is 741 g/mol. The highest BCUT2D eigenvalue weighted by Gasteiger charge is 2.32. The number of hydrogen-bond acceptors (Lipinski definition) is 7. The number of thiophene rings is 1. The Balaban J connectivity index is 1.34. The number of hydrogen-bond donors (Lipinski definition) is 5. The molecular formula is C45H44N4O7S. The minimum absolute atomic E-state index is 0.0325. The van der Waals surface area contributed by atoms with E-state index >= 15 is 0 Å². The van der Waals surface area contributed by atoms with Gasteiger partial charge < -0.3 is 26.4 Å². The van der Waals surface area contributed by atoms with Crippen molar-refractivity contribution in [3.63, 3.8) is 0 Å². The number of Topliss-reactive ketones (excluding diaryl/α,β-unsaturated/α-hetero) is 1. The van der Waals surface area contributed by atoms with Gasteiger partial charge in [0.05, 0.1) is 12.0 Å². The van der Waals surface area contributed by atoms with Crippen LogP contribution in [0.4, 0.5) is 5.69 Å². The number of ketones is 1. The van der Waals surface area contributed by atoms with Crippen LogP contribution in [-0.2, 0) is 54.5 Å². The summed E-state index contributed by atoms with van der Waals surface area (Å²) < 4.78 is 0. The summed E-state index contributed by atoms with van der Waals surface area (Å²) in [5.41, 5.74) is 4.55. The van der Waals surface area contributed by atoms with Crippen LogP contribution < -0.4 is 21.3 Å². The molecule has 1 aromatic heterocycles. The van der Waals surface area contributed by atoms with Gasteiger partial charge in [0.2, 0.25) is 23.6 Å². The fraction of sp³-hybridized carbons (Fsp3) is 0.244. The molecule has 12 heteroatoms. The molecule has 0 aliphatic carbocycles. The predicted octanol–water partition coefficient (Wildman–Crippen LogP) is 5.53. The zero-order chi connectivity index (χ0) is 40.1. The quantitative estimate of drug-likeness (QED) is 0.129. The molecule has 0 saturated carbocycles. The van der Waals surface area contributed by atoms with Gasteiger partial charge in [-0.05, 0) is 64.2 Å². The highest BCUT2D eigenvalue weighted by molar-refractivity contribution is 7.09. The Labute approximate surface area is 334 Å². The standard InChI is InChI=1S/C45H44N4O7S/c50-40-27-34(45(55)56)24-30-15-19-35(20-16-30)46-41(51)21-22-42(52)47-39(28-36-12-7-23-57-36)44(54)49-38(43(53)48-37(40)25-29-8-3-1-4-9-29)26-31-13-17-33(18-14-31)32-10-5-2-6-11-32/h1-20,23,34,37-39H,21-22,24-28H2,(H,46,51)(H,47,52)(H,48,53)(H,49,54)(H,55,56)/t34-,37-,38-,39-/m1/s1. The fourth-order valence-electron chi connectivity index (χ4n) is 6.75. The molecule has 2 aliphatic rings. The topological polar surface area (TPSA) is 171 Å². The van der Waals surface area contributed by atoms with Gasteiger partial charge in [0.25, 0.3) is 0 Å². The number of benzene rings is 4. The number of carboxylic acid groups (broad SMARTS) is 1. The lowest BCUT2D eigenvalue weighted by atomic mass is 9.90. The molecule has 4 aromatic carbocycles. The molecule has 5 aromatic rings. The predicted molar refractivity (Wildman–Crippen MR) is 218 cm³/mol. The molecule has 4 atom stereocenters. The first-order chi connectivity index (χ1) is 27.6. The number of carbonyl (C=O) groups is 6. The highest BCUT2D eigenvalue weighted by Crippen LogP contribution is 2.22. The van der Waals surface area contributed by atoms with Gasteiger partial charge in [-0.2, -0.15) is 0 Å². The summed E-state index contributed by atoms with van der Waals surface area (Å²) in [5.74, 6) is -4.95. The van der Waals surface area contributed by atoms with E-state index in [9.17, 15) is 33.9 Å². The van der Waals surface area contributed by atoms with E-state index < -0.39 is 59.4 Å². The second kappa shape index (κ2) is 19.5. The number of nitrogens with one attached hydrogen (secondary N) is 4. The maximum Gasteiger partial charge on any atom is 0.307 e. The molecule has 0 spiro atoms. The molecule has 57 heavy (non-hydrogen) atoms. The molecule has 2 bridgehead atoms. The minimum Gasteiger partial charge on any atom is -0.481 e. The second-order valence-corrected chi connectivity index (χ2v) is 15.2. The lowest BCUT2D eigenvalue weighted by Gasteiger charge is -2.26. The first-order valence-corrected chi connectivity index (χ1v) is 19.7. The van der Waals surface area contributed by atoms with Crippen LogP contribution >= 0.6 is 11.3 Å². The van der Waals surface area contributed by atoms with Crippen LogP contribution in [-0.4, -0.2) is 58.6 Å². The average molecular weight is 785 g/mol. The number of fused-ring (bicyclic) bond motifs is 18. The van der Waals surface area contributed by atoms with Gasteiger partial charge in [-0.1, -0.05) is 103 Å². The van der Waals surface area contributed by atoms with Crippen molar-refractivity contribution in [2.45, 2.75) is 63.1 Å². The van der Waals surface area contributed by atoms with Gasteiger partial charge in [-0.25, -0.2) is 0 Å². The van der Waals surface area contributed by atoms with E-state index in [-0.39, 0.29) is 44.9 Å². The van der Waals surface area contributed by atoms with Gasteiger partial charge in [-0.15, -0.1) is 11.3 Å². The van der Waals surface area contributed by atoms with E-state index in [1.54, 1.807) is 24.3 Å². The lowest BCUT2D eigenvalue weighted by Crippen LogP contribution is -2.57. The molecule has 5 N–H and O–H groups in total. The summed E-state index contributed by atoms with van der Waals surface area (Å²) in [7, 11) is 0. The van der Waals surface area contributed by atoms with Crippen molar-refractivity contribution < 1.29 is 33.9 Å². The minimum atomic E-state index is -1.19. The van der Waals surface area contributed by atoms with Crippen molar-refractivity contribution in [3.05, 3.63) is 148 Å². The summed E-state index contributed by atoms with van der Waals surface area (Å²) >= 11 is 1.41. The smallest absolute Gasteiger partial charge is 0.307 e. The Morgan fingerprint density at radius 3 is 1.81 bits per heavy atom. The zero-order valence-electron chi connectivity index (χ0n) is 31.2. The SMILES string of the molecule is O=C1CCC(=O)N[C@H](Cc2cccs2)C(=O)N[C@H](Cc2ccc(-c3ccccc3)cc2)C(=O)N[C@H](Cc2ccccc2)C(=O)C[C@H](C(=O)O)Cc2ccc(cc2)N1. The van der Waals surface area contributed by atoms with E-state index in [2.05, 4.69) is 21.3 Å². The molecule has 11 nitrogen and oxygen atoms in total. The van der Waals surface area contributed by atoms with Gasteiger partial charge in [0.15, 0.2) is 5.78 Å². The summed E-state index contributed by atoms with van der Waals surface area (Å²) in [6, 6.07) is 33.4. The van der Waals surface area contributed by atoms with Gasteiger partial charge in [0, 0.05) is 42.7 Å². The van der Waals surface area contributed by atoms with E-state index in [0.29, 0.717) is 11.3 Å². The summed E-state index contributed by atoms with van der Waals surface area (Å²) in [6.07, 6.45) is -0.402. The molecule has 3 heterocycles. The van der Waals surface area contributed by atoms with Gasteiger partial charge >= 0.3 is 5.97 Å². The van der Waals surface area contributed by atoms with Gasteiger partial charge in [-0.3, -0.25) is 28.8 Å². The normalized spacial score (nSPS) is 20.0. The van der Waals surface area contributed by atoms with Crippen LogP contribution in [0.5, 0.6) is 0 Å². The third-order valence-corrected chi connectivity index (χ3v) is 10.8. The Bertz CT molecular complexity index is 2160. The third kappa shape index (κ3) is 11.8. The van der Waals surface area contributed by atoms with E-state index in [4.69, 9.17) is 0 Å². The Morgan fingerprint density at radius 1 is 0.579 bits per heavy atom. The zero-order valence-corrected chi connectivity index (χ0v) is 32.0. The van der Waals surface area contributed by atoms with Crippen molar-refractivity contribution in [2.75, 3.05) is 5.32 Å². The monoisotopic (exact) mass is 784 g/mol. The van der Waals surface area contributed by atoms with E-state index in [1.807, 2.05) is 102 Å². The Hall–Kier alpha value is -6.40. The van der Waals surface area contributed by atoms with Crippen LogP contribution in [0.1, 0.15) is 40.8 Å². The van der Waals surface area contributed by atoms with Gasteiger partial charge in [0.1, 0.15) is 12.1 Å². The third-order valence-electron chi connectivity index (χ3n) is 9.85. The number of amides is 4. The van der Waals surface area contributed by atoms with Crippen LogP contribution in [0.25, 0.3) is 11.1 Å². The van der Waals surface area contributed by atoms with E-state index in [1.165, 1.54) is 11.3 Å². The first-order valence-electron chi connectivity index (χ1n) is 18.8. The molecule has 7 rings (SSSR count). The number of carbonyl (C=O) groups excluding carboxylic acids is 5. The van der Waals surface area contributed by atoms with Crippen LogP contribution in [0, 0.1) is 5.92 Å². The molecule has 2 aliphatic heterocycles. The van der Waals surface area contributed by atoms with Crippen molar-refractivity contribution in [1.82, 2.24) is 16.0 Å². The largest absolute Gasteiger partial charge is 0.481 e. The molecule has 0 fully saturated rings. The summed E-state index contributed by atoms with van der Waals surface area (Å²) in [4.78, 5) is 82.0. The maximum atomic E-state index is 14.4. The Kier molecular flexibility index (Phi) is 13.7. The summed E-state index contributed by atoms with van der Waals surface area (Å²) in [6.45, 7) is 0. The maximum absolute atomic E-state index is 14.4. The van der Waals surface area contributed by atoms with Crippen LogP contribution in [0.15, 0.2) is 127 Å². The summed E-state index contributed by atoms with van der Waals surface area (Å²) in [5, 5.41) is 23.3. The van der Waals surface area contributed by atoms with Crippen molar-refractivity contribution in [1.29, 1.82) is 0 Å². The van der Waals surface area contributed by atoms with Crippen LogP contribution in [0.3, 0.4) is 0 Å².